The summed E-state index contributed by atoms with van der Waals surface area (Å²) in [5.74, 6) is -0.565. The lowest BCUT2D eigenvalue weighted by Gasteiger charge is -2.22. The summed E-state index contributed by atoms with van der Waals surface area (Å²) in [5, 5.41) is 12.5. The third kappa shape index (κ3) is 4.61. The molecule has 0 spiro atoms. The molecule has 0 aliphatic carbocycles. The molecule has 3 rings (SSSR count). The summed E-state index contributed by atoms with van der Waals surface area (Å²) in [6, 6.07) is 17.6. The van der Waals surface area contributed by atoms with Crippen molar-refractivity contribution in [2.24, 2.45) is 5.92 Å². The van der Waals surface area contributed by atoms with E-state index in [4.69, 9.17) is 0 Å². The number of rotatable bonds is 6. The monoisotopic (exact) mass is 362 g/mol. The average Bonchev–Trinajstić information content (AvgIpc) is 3.21. The SMILES string of the molecule is CC(C)C(NC(=O)c1ccccc1)C(=O)Nc1ccc(-c2ccn[nH]2)cc1. The van der Waals surface area contributed by atoms with E-state index in [2.05, 4.69) is 20.8 Å². The van der Waals surface area contributed by atoms with Gasteiger partial charge in [-0.15, -0.1) is 0 Å². The Labute approximate surface area is 158 Å². The van der Waals surface area contributed by atoms with Crippen molar-refractivity contribution >= 4 is 17.5 Å². The summed E-state index contributed by atoms with van der Waals surface area (Å²) >= 11 is 0. The van der Waals surface area contributed by atoms with E-state index in [-0.39, 0.29) is 17.7 Å². The predicted molar refractivity (Wildman–Crippen MR) is 105 cm³/mol. The van der Waals surface area contributed by atoms with Crippen LogP contribution in [0.1, 0.15) is 24.2 Å². The Morgan fingerprint density at radius 3 is 2.26 bits per heavy atom. The van der Waals surface area contributed by atoms with Gasteiger partial charge >= 0.3 is 0 Å². The highest BCUT2D eigenvalue weighted by molar-refractivity contribution is 6.01. The first-order valence-electron chi connectivity index (χ1n) is 8.81. The van der Waals surface area contributed by atoms with E-state index in [1.54, 1.807) is 30.5 Å². The molecule has 0 saturated carbocycles. The van der Waals surface area contributed by atoms with Crippen molar-refractivity contribution in [1.82, 2.24) is 15.5 Å². The zero-order valence-electron chi connectivity index (χ0n) is 15.3. The second-order valence-corrected chi connectivity index (χ2v) is 6.60. The van der Waals surface area contributed by atoms with E-state index in [1.165, 1.54) is 0 Å². The van der Waals surface area contributed by atoms with Crippen LogP contribution in [0.5, 0.6) is 0 Å². The molecule has 0 aliphatic heterocycles. The molecule has 0 fully saturated rings. The first kappa shape index (κ1) is 18.4. The molecular weight excluding hydrogens is 340 g/mol. The standard InChI is InChI=1S/C21H22N4O2/c1-14(2)19(24-20(26)16-6-4-3-5-7-16)21(27)23-17-10-8-15(9-11-17)18-12-13-22-25-18/h3-14,19H,1-2H3,(H,22,25)(H,23,27)(H,24,26). The molecule has 6 nitrogen and oxygen atoms in total. The third-order valence-electron chi connectivity index (χ3n) is 4.24. The van der Waals surface area contributed by atoms with Gasteiger partial charge in [0.05, 0.1) is 5.69 Å². The van der Waals surface area contributed by atoms with Gasteiger partial charge in [0, 0.05) is 17.4 Å². The fourth-order valence-corrected chi connectivity index (χ4v) is 2.72. The Bertz CT molecular complexity index is 888. The number of H-pyrrole nitrogens is 1. The molecule has 0 radical (unpaired) electrons. The third-order valence-corrected chi connectivity index (χ3v) is 4.24. The topological polar surface area (TPSA) is 86.9 Å². The molecule has 0 saturated heterocycles. The Kier molecular flexibility index (Phi) is 5.66. The lowest BCUT2D eigenvalue weighted by atomic mass is 10.0. The van der Waals surface area contributed by atoms with Crippen LogP contribution in [0.15, 0.2) is 66.9 Å². The lowest BCUT2D eigenvalue weighted by molar-refractivity contribution is -0.118. The fourth-order valence-electron chi connectivity index (χ4n) is 2.72. The van der Waals surface area contributed by atoms with Gasteiger partial charge < -0.3 is 10.6 Å². The number of hydrogen-bond donors (Lipinski definition) is 3. The van der Waals surface area contributed by atoms with Crippen LogP contribution in [0.3, 0.4) is 0 Å². The molecule has 27 heavy (non-hydrogen) atoms. The zero-order valence-corrected chi connectivity index (χ0v) is 15.3. The molecule has 0 aliphatic rings. The number of benzene rings is 2. The van der Waals surface area contributed by atoms with Gasteiger partial charge in [-0.05, 0) is 41.8 Å². The number of aromatic nitrogens is 2. The predicted octanol–water partition coefficient (Wildman–Crippen LogP) is 3.47. The first-order valence-corrected chi connectivity index (χ1v) is 8.81. The maximum Gasteiger partial charge on any atom is 0.251 e. The van der Waals surface area contributed by atoms with E-state index in [0.717, 1.165) is 11.3 Å². The number of hydrogen-bond acceptors (Lipinski definition) is 3. The summed E-state index contributed by atoms with van der Waals surface area (Å²) < 4.78 is 0. The van der Waals surface area contributed by atoms with Gasteiger partial charge in [-0.3, -0.25) is 14.7 Å². The molecule has 138 valence electrons. The van der Waals surface area contributed by atoms with Gasteiger partial charge in [0.2, 0.25) is 5.91 Å². The highest BCUT2D eigenvalue weighted by atomic mass is 16.2. The number of aromatic amines is 1. The zero-order chi connectivity index (χ0) is 19.2. The molecule has 0 bridgehead atoms. The maximum absolute atomic E-state index is 12.7. The van der Waals surface area contributed by atoms with Gasteiger partial charge in [0.1, 0.15) is 6.04 Å². The van der Waals surface area contributed by atoms with Crippen LogP contribution in [0.4, 0.5) is 5.69 Å². The average molecular weight is 362 g/mol. The Morgan fingerprint density at radius 1 is 0.963 bits per heavy atom. The van der Waals surface area contributed by atoms with E-state index in [0.29, 0.717) is 11.3 Å². The largest absolute Gasteiger partial charge is 0.340 e. The Morgan fingerprint density at radius 2 is 1.67 bits per heavy atom. The summed E-state index contributed by atoms with van der Waals surface area (Å²) in [6.07, 6.45) is 1.69. The Balaban J connectivity index is 1.67. The molecule has 2 aromatic carbocycles. The second kappa shape index (κ2) is 8.31. The summed E-state index contributed by atoms with van der Waals surface area (Å²) in [4.78, 5) is 25.1. The van der Waals surface area contributed by atoms with Gasteiger partial charge in [0.25, 0.3) is 5.91 Å². The number of carbonyl (C=O) groups is 2. The van der Waals surface area contributed by atoms with Crippen molar-refractivity contribution in [3.8, 4) is 11.3 Å². The molecule has 3 aromatic rings. The van der Waals surface area contributed by atoms with Gasteiger partial charge in [-0.1, -0.05) is 44.2 Å². The number of nitrogens with one attached hydrogen (secondary N) is 3. The normalized spacial score (nSPS) is 11.8. The highest BCUT2D eigenvalue weighted by Crippen LogP contribution is 2.19. The van der Waals surface area contributed by atoms with E-state index >= 15 is 0 Å². The van der Waals surface area contributed by atoms with Crippen molar-refractivity contribution < 1.29 is 9.59 Å². The minimum Gasteiger partial charge on any atom is -0.340 e. The van der Waals surface area contributed by atoms with Crippen LogP contribution in [-0.2, 0) is 4.79 Å². The van der Waals surface area contributed by atoms with Crippen LogP contribution < -0.4 is 10.6 Å². The van der Waals surface area contributed by atoms with E-state index < -0.39 is 6.04 Å². The fraction of sp³-hybridized carbons (Fsp3) is 0.190. The summed E-state index contributed by atoms with van der Waals surface area (Å²) in [7, 11) is 0. The molecule has 3 N–H and O–H groups in total. The number of amides is 2. The van der Waals surface area contributed by atoms with Crippen molar-refractivity contribution in [1.29, 1.82) is 0 Å². The molecule has 2 amide bonds. The second-order valence-electron chi connectivity index (χ2n) is 6.60. The van der Waals surface area contributed by atoms with Crippen LogP contribution in [0.25, 0.3) is 11.3 Å². The van der Waals surface area contributed by atoms with Crippen molar-refractivity contribution in [3.63, 3.8) is 0 Å². The molecule has 1 unspecified atom stereocenters. The first-order chi connectivity index (χ1) is 13.0. The summed E-state index contributed by atoms with van der Waals surface area (Å²) in [6.45, 7) is 3.80. The van der Waals surface area contributed by atoms with Crippen LogP contribution in [0.2, 0.25) is 0 Å². The van der Waals surface area contributed by atoms with Crippen molar-refractivity contribution in [3.05, 3.63) is 72.4 Å². The van der Waals surface area contributed by atoms with E-state index in [9.17, 15) is 9.59 Å². The molecule has 6 heteroatoms. The van der Waals surface area contributed by atoms with Crippen LogP contribution >= 0.6 is 0 Å². The Hall–Kier alpha value is -3.41. The van der Waals surface area contributed by atoms with Crippen LogP contribution in [-0.4, -0.2) is 28.1 Å². The van der Waals surface area contributed by atoms with Gasteiger partial charge in [0.15, 0.2) is 0 Å². The molecule has 1 aromatic heterocycles. The van der Waals surface area contributed by atoms with Crippen molar-refractivity contribution in [2.45, 2.75) is 19.9 Å². The quantitative estimate of drug-likeness (QED) is 0.627. The summed E-state index contributed by atoms with van der Waals surface area (Å²) in [5.41, 5.74) is 3.08. The van der Waals surface area contributed by atoms with E-state index in [1.807, 2.05) is 50.2 Å². The van der Waals surface area contributed by atoms with Gasteiger partial charge in [-0.2, -0.15) is 5.10 Å². The number of carbonyl (C=O) groups excluding carboxylic acids is 2. The molecule has 1 atom stereocenters. The number of nitrogens with zero attached hydrogens (tertiary/aromatic N) is 1. The smallest absolute Gasteiger partial charge is 0.251 e. The maximum atomic E-state index is 12.7. The van der Waals surface area contributed by atoms with Crippen molar-refractivity contribution in [2.75, 3.05) is 5.32 Å². The minimum absolute atomic E-state index is 0.0538. The lowest BCUT2D eigenvalue weighted by Crippen LogP contribution is -2.47. The molecule has 1 heterocycles. The van der Waals surface area contributed by atoms with Gasteiger partial charge in [-0.25, -0.2) is 0 Å². The minimum atomic E-state index is -0.634. The van der Waals surface area contributed by atoms with Crippen LogP contribution in [0, 0.1) is 5.92 Å². The number of anilines is 1. The molecular formula is C21H22N4O2. The highest BCUT2D eigenvalue weighted by Gasteiger charge is 2.24.